The zero-order chi connectivity index (χ0) is 15.3. The third-order valence-electron chi connectivity index (χ3n) is 5.63. The Morgan fingerprint density at radius 3 is 1.23 bits per heavy atom. The minimum atomic E-state index is 0.815. The summed E-state index contributed by atoms with van der Waals surface area (Å²) < 4.78 is 0. The average Bonchev–Trinajstić information content (AvgIpc) is 2.64. The zero-order valence-electron chi connectivity index (χ0n) is 14.8. The van der Waals surface area contributed by atoms with Crippen LogP contribution < -0.4 is 0 Å². The van der Waals surface area contributed by atoms with Crippen molar-refractivity contribution in [2.45, 2.75) is 103 Å². The summed E-state index contributed by atoms with van der Waals surface area (Å²) in [7, 11) is 0. The second-order valence-corrected chi connectivity index (χ2v) is 7.58. The SMILES string of the molecule is C1=C/C(C2/C=C/CCCCCCCC2)CCCCCCCC/1. The third-order valence-corrected chi connectivity index (χ3v) is 5.63. The molecule has 2 rings (SSSR count). The molecular weight excluding hydrogens is 264 g/mol. The molecule has 0 aliphatic heterocycles. The van der Waals surface area contributed by atoms with Crippen molar-refractivity contribution < 1.29 is 0 Å². The highest BCUT2D eigenvalue weighted by Crippen LogP contribution is 2.29. The van der Waals surface area contributed by atoms with Gasteiger partial charge in [-0.05, 0) is 50.4 Å². The Morgan fingerprint density at radius 1 is 0.409 bits per heavy atom. The molecule has 2 atom stereocenters. The maximum Gasteiger partial charge on any atom is -0.0171 e. The predicted molar refractivity (Wildman–Crippen MR) is 99.1 cm³/mol. The zero-order valence-corrected chi connectivity index (χ0v) is 14.8. The number of hydrogen-bond donors (Lipinski definition) is 0. The maximum absolute atomic E-state index is 2.60. The summed E-state index contributed by atoms with van der Waals surface area (Å²) in [4.78, 5) is 0. The summed E-state index contributed by atoms with van der Waals surface area (Å²) in [6.07, 6.45) is 33.0. The molecule has 2 aliphatic carbocycles. The van der Waals surface area contributed by atoms with Gasteiger partial charge in [0.1, 0.15) is 0 Å². The van der Waals surface area contributed by atoms with Gasteiger partial charge in [-0.2, -0.15) is 0 Å². The van der Waals surface area contributed by atoms with Gasteiger partial charge in [-0.1, -0.05) is 88.5 Å². The molecule has 0 aromatic carbocycles. The summed E-state index contributed by atoms with van der Waals surface area (Å²) in [5.74, 6) is 1.63. The first-order valence-electron chi connectivity index (χ1n) is 10.3. The molecule has 0 aromatic heterocycles. The lowest BCUT2D eigenvalue weighted by atomic mass is 9.83. The monoisotopic (exact) mass is 302 g/mol. The van der Waals surface area contributed by atoms with Crippen molar-refractivity contribution in [1.29, 1.82) is 0 Å². The van der Waals surface area contributed by atoms with Gasteiger partial charge in [0.15, 0.2) is 0 Å². The molecule has 2 unspecified atom stereocenters. The van der Waals surface area contributed by atoms with E-state index in [1.165, 1.54) is 103 Å². The molecule has 0 heterocycles. The Hall–Kier alpha value is -0.520. The molecule has 0 saturated carbocycles. The number of hydrogen-bond acceptors (Lipinski definition) is 0. The van der Waals surface area contributed by atoms with E-state index < -0.39 is 0 Å². The van der Waals surface area contributed by atoms with Gasteiger partial charge in [-0.3, -0.25) is 0 Å². The molecule has 0 spiro atoms. The van der Waals surface area contributed by atoms with Gasteiger partial charge in [0.25, 0.3) is 0 Å². The van der Waals surface area contributed by atoms with E-state index >= 15 is 0 Å². The Labute approximate surface area is 139 Å². The van der Waals surface area contributed by atoms with Crippen molar-refractivity contribution in [1.82, 2.24) is 0 Å². The molecule has 0 aromatic rings. The van der Waals surface area contributed by atoms with Crippen molar-refractivity contribution in [2.24, 2.45) is 11.8 Å². The van der Waals surface area contributed by atoms with Crippen LogP contribution >= 0.6 is 0 Å². The van der Waals surface area contributed by atoms with Gasteiger partial charge in [-0.25, -0.2) is 0 Å². The maximum atomic E-state index is 2.60. The van der Waals surface area contributed by atoms with E-state index in [0.29, 0.717) is 0 Å². The summed E-state index contributed by atoms with van der Waals surface area (Å²) in [5.41, 5.74) is 0. The van der Waals surface area contributed by atoms with E-state index in [9.17, 15) is 0 Å². The predicted octanol–water partition coefficient (Wildman–Crippen LogP) is 7.60. The van der Waals surface area contributed by atoms with E-state index in [-0.39, 0.29) is 0 Å². The van der Waals surface area contributed by atoms with E-state index in [4.69, 9.17) is 0 Å². The molecule has 0 bridgehead atoms. The molecule has 0 radical (unpaired) electrons. The van der Waals surface area contributed by atoms with E-state index in [0.717, 1.165) is 11.8 Å². The molecule has 0 N–H and O–H groups in total. The Kier molecular flexibility index (Phi) is 9.70. The number of allylic oxidation sites excluding steroid dienone is 4. The summed E-state index contributed by atoms with van der Waals surface area (Å²) >= 11 is 0. The summed E-state index contributed by atoms with van der Waals surface area (Å²) in [6, 6.07) is 0. The first-order chi connectivity index (χ1) is 11.0. The minimum absolute atomic E-state index is 0.815. The van der Waals surface area contributed by atoms with Crippen LogP contribution in [-0.2, 0) is 0 Å². The van der Waals surface area contributed by atoms with Crippen LogP contribution in [0.1, 0.15) is 103 Å². The lowest BCUT2D eigenvalue weighted by molar-refractivity contribution is 0.387. The molecule has 126 valence electrons. The van der Waals surface area contributed by atoms with Crippen LogP contribution in [0.15, 0.2) is 24.3 Å². The largest absolute Gasteiger partial charge is 0.0882 e. The van der Waals surface area contributed by atoms with Gasteiger partial charge in [0.2, 0.25) is 0 Å². The van der Waals surface area contributed by atoms with Crippen molar-refractivity contribution in [3.63, 3.8) is 0 Å². The molecule has 2 aliphatic rings. The summed E-state index contributed by atoms with van der Waals surface area (Å²) in [5, 5.41) is 0. The highest BCUT2D eigenvalue weighted by molar-refractivity contribution is 5.00. The van der Waals surface area contributed by atoms with Crippen LogP contribution in [0.2, 0.25) is 0 Å². The van der Waals surface area contributed by atoms with Crippen molar-refractivity contribution >= 4 is 0 Å². The van der Waals surface area contributed by atoms with Crippen molar-refractivity contribution in [2.75, 3.05) is 0 Å². The minimum Gasteiger partial charge on any atom is -0.0882 e. The van der Waals surface area contributed by atoms with Crippen LogP contribution in [0.3, 0.4) is 0 Å². The molecule has 0 nitrogen and oxygen atoms in total. The fraction of sp³-hybridized carbons (Fsp3) is 0.818. The van der Waals surface area contributed by atoms with Gasteiger partial charge >= 0.3 is 0 Å². The van der Waals surface area contributed by atoms with Gasteiger partial charge in [0.05, 0.1) is 0 Å². The van der Waals surface area contributed by atoms with E-state index in [1.54, 1.807) is 0 Å². The van der Waals surface area contributed by atoms with Crippen molar-refractivity contribution in [3.05, 3.63) is 24.3 Å². The quantitative estimate of drug-likeness (QED) is 0.437. The molecule has 0 saturated heterocycles. The second-order valence-electron chi connectivity index (χ2n) is 7.58. The average molecular weight is 303 g/mol. The molecule has 0 fully saturated rings. The van der Waals surface area contributed by atoms with Crippen molar-refractivity contribution in [3.8, 4) is 0 Å². The van der Waals surface area contributed by atoms with Crippen LogP contribution in [0.5, 0.6) is 0 Å². The normalized spacial score (nSPS) is 33.1. The lowest BCUT2D eigenvalue weighted by Crippen LogP contribution is -2.11. The van der Waals surface area contributed by atoms with Gasteiger partial charge < -0.3 is 0 Å². The van der Waals surface area contributed by atoms with E-state index in [1.807, 2.05) is 0 Å². The Balaban J connectivity index is 1.94. The molecule has 0 amide bonds. The summed E-state index contributed by atoms with van der Waals surface area (Å²) in [6.45, 7) is 0. The Bertz CT molecular complexity index is 280. The third kappa shape index (κ3) is 7.65. The second kappa shape index (κ2) is 12.0. The fourth-order valence-electron chi connectivity index (χ4n) is 4.15. The van der Waals surface area contributed by atoms with Crippen LogP contribution in [0, 0.1) is 11.8 Å². The molecule has 22 heavy (non-hydrogen) atoms. The first-order valence-corrected chi connectivity index (χ1v) is 10.3. The molecule has 0 heteroatoms. The first kappa shape index (κ1) is 17.8. The standard InChI is InChI=1S/C22H38/c1-2-6-10-14-18-21(17-13-9-5-1)22-19-15-11-7-3-4-8-12-16-20-22/h13,15,17,19,21-22H,1-12,14,16,18,20H2/b17-13+,19-15+. The molecular formula is C22H38. The fourth-order valence-corrected chi connectivity index (χ4v) is 4.15. The van der Waals surface area contributed by atoms with Crippen LogP contribution in [0.25, 0.3) is 0 Å². The highest BCUT2D eigenvalue weighted by atomic mass is 14.2. The lowest BCUT2D eigenvalue weighted by Gasteiger charge is -2.22. The number of rotatable bonds is 1. The highest BCUT2D eigenvalue weighted by Gasteiger charge is 2.16. The van der Waals surface area contributed by atoms with Gasteiger partial charge in [0, 0.05) is 0 Å². The smallest absolute Gasteiger partial charge is 0.0171 e. The van der Waals surface area contributed by atoms with Crippen LogP contribution in [0.4, 0.5) is 0 Å². The topological polar surface area (TPSA) is 0 Å². The van der Waals surface area contributed by atoms with E-state index in [2.05, 4.69) is 24.3 Å². The van der Waals surface area contributed by atoms with Gasteiger partial charge in [-0.15, -0.1) is 0 Å². The van der Waals surface area contributed by atoms with Crippen LogP contribution in [-0.4, -0.2) is 0 Å². The Morgan fingerprint density at radius 2 is 0.773 bits per heavy atom.